The molecule has 0 aromatic heterocycles. The van der Waals surface area contributed by atoms with Gasteiger partial charge in [-0.3, -0.25) is 4.99 Å². The Morgan fingerprint density at radius 2 is 1.85 bits per heavy atom. The smallest absolute Gasteiger partial charge is 0.338 e. The molecule has 0 atom stereocenters. The van der Waals surface area contributed by atoms with Crippen LogP contribution in [0.2, 0.25) is 0 Å². The number of carbonyl (C=O) groups excluding carboxylic acids is 1. The number of aliphatic imine (C=N–C) groups is 1. The zero-order valence-electron chi connectivity index (χ0n) is 16.7. The minimum atomic E-state index is -0.301. The van der Waals surface area contributed by atoms with Gasteiger partial charge in [0.2, 0.25) is 0 Å². The highest BCUT2D eigenvalue weighted by molar-refractivity contribution is 8.00. The molecule has 1 heterocycles. The molecule has 0 amide bonds. The molecule has 0 saturated heterocycles. The molecular formula is C23H27NO2S. The van der Waals surface area contributed by atoms with Gasteiger partial charge >= 0.3 is 5.97 Å². The summed E-state index contributed by atoms with van der Waals surface area (Å²) in [6.45, 7) is 11.5. The van der Waals surface area contributed by atoms with Crippen molar-refractivity contribution in [3.8, 4) is 0 Å². The first-order chi connectivity index (χ1) is 12.7. The Hall–Kier alpha value is -2.07. The Morgan fingerprint density at radius 1 is 1.15 bits per heavy atom. The summed E-state index contributed by atoms with van der Waals surface area (Å²) in [4.78, 5) is 17.6. The second-order valence-electron chi connectivity index (χ2n) is 8.20. The minimum Gasteiger partial charge on any atom is -0.462 e. The molecule has 0 spiro atoms. The van der Waals surface area contributed by atoms with Crippen LogP contribution in [-0.2, 0) is 10.2 Å². The van der Waals surface area contributed by atoms with Gasteiger partial charge in [-0.15, -0.1) is 11.8 Å². The summed E-state index contributed by atoms with van der Waals surface area (Å²) in [5.41, 5.74) is 4.05. The van der Waals surface area contributed by atoms with Crippen molar-refractivity contribution in [2.75, 3.05) is 6.61 Å². The summed E-state index contributed by atoms with van der Waals surface area (Å²) in [5, 5.41) is 0. The van der Waals surface area contributed by atoms with Crippen molar-refractivity contribution >= 4 is 29.6 Å². The third kappa shape index (κ3) is 4.62. The van der Waals surface area contributed by atoms with Crippen LogP contribution in [0.25, 0.3) is 0 Å². The molecule has 0 N–H and O–H groups in total. The van der Waals surface area contributed by atoms with Crippen molar-refractivity contribution < 1.29 is 9.53 Å². The molecule has 1 aliphatic heterocycles. The minimum absolute atomic E-state index is 0.183. The maximum Gasteiger partial charge on any atom is 0.338 e. The molecule has 2 aromatic carbocycles. The van der Waals surface area contributed by atoms with Crippen molar-refractivity contribution in [1.29, 1.82) is 0 Å². The quantitative estimate of drug-likeness (QED) is 0.470. The van der Waals surface area contributed by atoms with Crippen LogP contribution in [-0.4, -0.2) is 23.5 Å². The highest BCUT2D eigenvalue weighted by Crippen LogP contribution is 2.50. The Kier molecular flexibility index (Phi) is 5.48. The van der Waals surface area contributed by atoms with E-state index in [4.69, 9.17) is 4.74 Å². The van der Waals surface area contributed by atoms with Gasteiger partial charge in [-0.25, -0.2) is 4.79 Å². The molecule has 27 heavy (non-hydrogen) atoms. The summed E-state index contributed by atoms with van der Waals surface area (Å²) in [7, 11) is 0. The monoisotopic (exact) mass is 381 g/mol. The van der Waals surface area contributed by atoms with Crippen LogP contribution in [0.4, 0.5) is 5.69 Å². The molecule has 3 rings (SSSR count). The average Bonchev–Trinajstić information content (AvgIpc) is 2.58. The number of esters is 1. The Bertz CT molecular complexity index is 866. The van der Waals surface area contributed by atoms with Crippen LogP contribution in [0, 0.1) is 0 Å². The number of rotatable bonds is 4. The van der Waals surface area contributed by atoms with Crippen molar-refractivity contribution in [3.05, 3.63) is 59.2 Å². The van der Waals surface area contributed by atoms with Crippen molar-refractivity contribution in [1.82, 2.24) is 0 Å². The van der Waals surface area contributed by atoms with Crippen LogP contribution in [0.1, 0.15) is 62.5 Å². The van der Waals surface area contributed by atoms with E-state index in [1.165, 1.54) is 10.5 Å². The van der Waals surface area contributed by atoms with Gasteiger partial charge in [0.15, 0.2) is 0 Å². The molecule has 142 valence electrons. The first-order valence-corrected chi connectivity index (χ1v) is 10.2. The van der Waals surface area contributed by atoms with Gasteiger partial charge in [-0.1, -0.05) is 39.8 Å². The van der Waals surface area contributed by atoms with E-state index >= 15 is 0 Å². The second kappa shape index (κ2) is 7.51. The van der Waals surface area contributed by atoms with E-state index in [9.17, 15) is 4.79 Å². The number of hydrogen-bond donors (Lipinski definition) is 0. The van der Waals surface area contributed by atoms with Gasteiger partial charge in [-0.2, -0.15) is 0 Å². The first-order valence-electron chi connectivity index (χ1n) is 9.35. The Morgan fingerprint density at radius 3 is 2.52 bits per heavy atom. The van der Waals surface area contributed by atoms with E-state index in [0.29, 0.717) is 12.2 Å². The Labute approximate surface area is 166 Å². The molecule has 0 aliphatic carbocycles. The molecule has 0 unspecified atom stereocenters. The fourth-order valence-corrected chi connectivity index (χ4v) is 5.48. The van der Waals surface area contributed by atoms with Crippen LogP contribution in [0.5, 0.6) is 0 Å². The van der Waals surface area contributed by atoms with E-state index in [1.807, 2.05) is 30.1 Å². The van der Waals surface area contributed by atoms with E-state index in [-0.39, 0.29) is 16.1 Å². The number of hydrogen-bond acceptors (Lipinski definition) is 4. The summed E-state index contributed by atoms with van der Waals surface area (Å²) < 4.78 is 5.24. The highest BCUT2D eigenvalue weighted by Gasteiger charge is 2.37. The van der Waals surface area contributed by atoms with E-state index in [0.717, 1.165) is 17.7 Å². The normalized spacial score (nSPS) is 17.5. The molecule has 1 aliphatic rings. The third-order valence-electron chi connectivity index (χ3n) is 4.73. The topological polar surface area (TPSA) is 38.7 Å². The van der Waals surface area contributed by atoms with Crippen LogP contribution < -0.4 is 0 Å². The maximum absolute atomic E-state index is 11.7. The van der Waals surface area contributed by atoms with Gasteiger partial charge in [0.25, 0.3) is 0 Å². The molecule has 0 saturated carbocycles. The summed E-state index contributed by atoms with van der Waals surface area (Å²) in [6.07, 6.45) is 3.05. The fraction of sp³-hybridized carbons (Fsp3) is 0.391. The first kappa shape index (κ1) is 19.7. The average molecular weight is 382 g/mol. The molecule has 4 heteroatoms. The van der Waals surface area contributed by atoms with Gasteiger partial charge in [0.1, 0.15) is 0 Å². The van der Waals surface area contributed by atoms with Gasteiger partial charge in [-0.05, 0) is 60.2 Å². The lowest BCUT2D eigenvalue weighted by Gasteiger charge is -2.41. The van der Waals surface area contributed by atoms with Crippen LogP contribution in [0.15, 0.2) is 52.4 Å². The number of fused-ring (bicyclic) bond motifs is 1. The van der Waals surface area contributed by atoms with Crippen molar-refractivity contribution in [2.45, 2.75) is 56.1 Å². The largest absolute Gasteiger partial charge is 0.462 e. The van der Waals surface area contributed by atoms with E-state index in [1.54, 1.807) is 19.1 Å². The standard InChI is InChI=1S/C23H27NO2S/c1-6-26-21(25)17-8-10-18(11-9-17)24-14-16-7-12-19-20(13-16)27-23(4,5)15-22(19,2)3/h7-14H,6,15H2,1-5H3. The number of ether oxygens (including phenoxy) is 1. The van der Waals surface area contributed by atoms with Gasteiger partial charge < -0.3 is 4.74 Å². The maximum atomic E-state index is 11.7. The number of carbonyl (C=O) groups is 1. The van der Waals surface area contributed by atoms with Gasteiger partial charge in [0, 0.05) is 15.9 Å². The van der Waals surface area contributed by atoms with Crippen molar-refractivity contribution in [2.24, 2.45) is 4.99 Å². The predicted octanol–water partition coefficient (Wildman–Crippen LogP) is 6.17. The molecule has 2 aromatic rings. The molecule has 3 nitrogen and oxygen atoms in total. The zero-order chi connectivity index (χ0) is 19.7. The number of benzene rings is 2. The molecule has 0 bridgehead atoms. The van der Waals surface area contributed by atoms with Gasteiger partial charge in [0.05, 0.1) is 17.9 Å². The fourth-order valence-electron chi connectivity index (χ4n) is 3.80. The third-order valence-corrected chi connectivity index (χ3v) is 5.98. The Balaban J connectivity index is 1.80. The van der Waals surface area contributed by atoms with Crippen LogP contribution >= 0.6 is 11.8 Å². The summed E-state index contributed by atoms with van der Waals surface area (Å²) in [6, 6.07) is 13.8. The van der Waals surface area contributed by atoms with Crippen molar-refractivity contribution in [3.63, 3.8) is 0 Å². The lowest BCUT2D eigenvalue weighted by atomic mass is 9.77. The lowest BCUT2D eigenvalue weighted by Crippen LogP contribution is -2.33. The van der Waals surface area contributed by atoms with E-state index in [2.05, 4.69) is 50.9 Å². The number of nitrogens with zero attached hydrogens (tertiary/aromatic N) is 1. The SMILES string of the molecule is CCOC(=O)c1ccc(N=Cc2ccc3c(c2)SC(C)(C)CC3(C)C)cc1. The van der Waals surface area contributed by atoms with Crippen LogP contribution in [0.3, 0.4) is 0 Å². The second-order valence-corrected chi connectivity index (χ2v) is 9.95. The number of thioether (sulfide) groups is 1. The highest BCUT2D eigenvalue weighted by atomic mass is 32.2. The summed E-state index contributed by atoms with van der Waals surface area (Å²) >= 11 is 1.95. The summed E-state index contributed by atoms with van der Waals surface area (Å²) in [5.74, 6) is -0.301. The molecule has 0 fully saturated rings. The predicted molar refractivity (Wildman–Crippen MR) is 114 cm³/mol. The zero-order valence-corrected chi connectivity index (χ0v) is 17.5. The molecule has 0 radical (unpaired) electrons. The van der Waals surface area contributed by atoms with E-state index < -0.39 is 0 Å². The lowest BCUT2D eigenvalue weighted by molar-refractivity contribution is 0.0526. The molecular weight excluding hydrogens is 354 g/mol.